The topological polar surface area (TPSA) is 26.0 Å². The zero-order valence-corrected chi connectivity index (χ0v) is 6.43. The lowest BCUT2D eigenvalue weighted by Gasteiger charge is -2.36. The highest BCUT2D eigenvalue weighted by Crippen LogP contribution is 2.37. The van der Waals surface area contributed by atoms with Gasteiger partial charge in [0.05, 0.1) is 0 Å². The predicted molar refractivity (Wildman–Crippen MR) is 40.1 cm³/mol. The van der Waals surface area contributed by atoms with E-state index in [4.69, 9.17) is 5.73 Å². The number of hydrogen-bond acceptors (Lipinski definition) is 1. The molecular weight excluding hydrogens is 110 g/mol. The van der Waals surface area contributed by atoms with Gasteiger partial charge in [-0.05, 0) is 37.1 Å². The van der Waals surface area contributed by atoms with Crippen LogP contribution in [0.4, 0.5) is 0 Å². The largest absolute Gasteiger partial charge is 0.330 e. The highest BCUT2D eigenvalue weighted by molar-refractivity contribution is 4.80. The molecule has 1 fully saturated rings. The van der Waals surface area contributed by atoms with Gasteiger partial charge in [-0.1, -0.05) is 13.8 Å². The molecule has 0 heterocycles. The molecule has 54 valence electrons. The van der Waals surface area contributed by atoms with E-state index < -0.39 is 0 Å². The molecule has 0 aromatic carbocycles. The van der Waals surface area contributed by atoms with Gasteiger partial charge < -0.3 is 5.73 Å². The molecule has 0 saturated heterocycles. The van der Waals surface area contributed by atoms with Crippen molar-refractivity contribution in [3.63, 3.8) is 0 Å². The lowest BCUT2D eigenvalue weighted by molar-refractivity contribution is 0.150. The van der Waals surface area contributed by atoms with Crippen molar-refractivity contribution < 1.29 is 0 Å². The number of hydrogen-bond donors (Lipinski definition) is 1. The van der Waals surface area contributed by atoms with Crippen molar-refractivity contribution in [3.05, 3.63) is 0 Å². The van der Waals surface area contributed by atoms with Gasteiger partial charge in [0.2, 0.25) is 0 Å². The minimum atomic E-state index is 0.765. The third-order valence-electron chi connectivity index (χ3n) is 2.59. The fraction of sp³-hybridized carbons (Fsp3) is 1.00. The second kappa shape index (κ2) is 2.70. The summed E-state index contributed by atoms with van der Waals surface area (Å²) in [5.41, 5.74) is 5.53. The third-order valence-corrected chi connectivity index (χ3v) is 2.59. The van der Waals surface area contributed by atoms with E-state index in [0.717, 1.165) is 24.3 Å². The van der Waals surface area contributed by atoms with Crippen LogP contribution in [0.3, 0.4) is 0 Å². The zero-order chi connectivity index (χ0) is 6.85. The van der Waals surface area contributed by atoms with Crippen molar-refractivity contribution in [2.45, 2.75) is 26.7 Å². The Bertz CT molecular complexity index is 84.6. The Hall–Kier alpha value is -0.0400. The average Bonchev–Trinajstić information content (AvgIpc) is 1.79. The molecular formula is C8H17N. The monoisotopic (exact) mass is 127 g/mol. The average molecular weight is 127 g/mol. The maximum Gasteiger partial charge on any atom is -0.00489 e. The van der Waals surface area contributed by atoms with Crippen molar-refractivity contribution in [2.75, 3.05) is 6.54 Å². The summed E-state index contributed by atoms with van der Waals surface area (Å²) in [4.78, 5) is 0. The Labute approximate surface area is 57.6 Å². The molecule has 2 N–H and O–H groups in total. The summed E-state index contributed by atoms with van der Waals surface area (Å²) < 4.78 is 0. The second-order valence-electron chi connectivity index (χ2n) is 3.55. The van der Waals surface area contributed by atoms with Crippen LogP contribution in [0, 0.1) is 17.8 Å². The molecule has 0 amide bonds. The van der Waals surface area contributed by atoms with Crippen LogP contribution in [0.25, 0.3) is 0 Å². The standard InChI is InChI=1S/C8H17N/c1-6-3-8(4-6)7(2)5-9/h6-8H,3-5,9H2,1-2H3. The lowest BCUT2D eigenvalue weighted by atomic mass is 9.70. The van der Waals surface area contributed by atoms with E-state index >= 15 is 0 Å². The maximum atomic E-state index is 5.53. The van der Waals surface area contributed by atoms with E-state index in [1.165, 1.54) is 12.8 Å². The molecule has 1 aliphatic carbocycles. The molecule has 0 aromatic rings. The zero-order valence-electron chi connectivity index (χ0n) is 6.43. The lowest BCUT2D eigenvalue weighted by Crippen LogP contribution is -2.30. The summed E-state index contributed by atoms with van der Waals surface area (Å²) in [5, 5.41) is 0. The van der Waals surface area contributed by atoms with E-state index in [-0.39, 0.29) is 0 Å². The highest BCUT2D eigenvalue weighted by atomic mass is 14.6. The van der Waals surface area contributed by atoms with E-state index in [1.54, 1.807) is 0 Å². The van der Waals surface area contributed by atoms with Crippen LogP contribution in [0.2, 0.25) is 0 Å². The highest BCUT2D eigenvalue weighted by Gasteiger charge is 2.28. The maximum absolute atomic E-state index is 5.53. The molecule has 1 unspecified atom stereocenters. The van der Waals surface area contributed by atoms with Gasteiger partial charge in [0.25, 0.3) is 0 Å². The van der Waals surface area contributed by atoms with Gasteiger partial charge in [0, 0.05) is 0 Å². The molecule has 1 nitrogen and oxygen atoms in total. The van der Waals surface area contributed by atoms with Gasteiger partial charge in [-0.2, -0.15) is 0 Å². The number of nitrogens with two attached hydrogens (primary N) is 1. The van der Waals surface area contributed by atoms with E-state index in [0.29, 0.717) is 0 Å². The SMILES string of the molecule is CC1CC(C(C)CN)C1. The van der Waals surface area contributed by atoms with Crippen LogP contribution in [0.1, 0.15) is 26.7 Å². The van der Waals surface area contributed by atoms with Crippen molar-refractivity contribution in [1.82, 2.24) is 0 Å². The van der Waals surface area contributed by atoms with Crippen LogP contribution in [-0.4, -0.2) is 6.54 Å². The second-order valence-corrected chi connectivity index (χ2v) is 3.55. The van der Waals surface area contributed by atoms with Gasteiger partial charge >= 0.3 is 0 Å². The van der Waals surface area contributed by atoms with Crippen LogP contribution >= 0.6 is 0 Å². The first-order chi connectivity index (χ1) is 4.24. The predicted octanol–water partition coefficient (Wildman–Crippen LogP) is 1.63. The molecule has 1 saturated carbocycles. The molecule has 0 aliphatic heterocycles. The van der Waals surface area contributed by atoms with Crippen molar-refractivity contribution in [1.29, 1.82) is 0 Å². The Kier molecular flexibility index (Phi) is 2.12. The fourth-order valence-corrected chi connectivity index (χ4v) is 1.62. The summed E-state index contributed by atoms with van der Waals surface area (Å²) in [5.74, 6) is 2.69. The van der Waals surface area contributed by atoms with Crippen LogP contribution in [0.5, 0.6) is 0 Å². The Morgan fingerprint density at radius 3 is 2.44 bits per heavy atom. The first kappa shape index (κ1) is 7.07. The Balaban J connectivity index is 2.15. The van der Waals surface area contributed by atoms with E-state index in [1.807, 2.05) is 0 Å². The van der Waals surface area contributed by atoms with Gasteiger partial charge in [-0.15, -0.1) is 0 Å². The minimum Gasteiger partial charge on any atom is -0.330 e. The molecule has 1 atom stereocenters. The Morgan fingerprint density at radius 1 is 1.56 bits per heavy atom. The molecule has 1 rings (SSSR count). The van der Waals surface area contributed by atoms with Crippen molar-refractivity contribution in [3.8, 4) is 0 Å². The van der Waals surface area contributed by atoms with Crippen molar-refractivity contribution >= 4 is 0 Å². The summed E-state index contributed by atoms with van der Waals surface area (Å²) in [7, 11) is 0. The summed E-state index contributed by atoms with van der Waals surface area (Å²) in [6.07, 6.45) is 2.83. The first-order valence-corrected chi connectivity index (χ1v) is 3.94. The van der Waals surface area contributed by atoms with E-state index in [2.05, 4.69) is 13.8 Å². The van der Waals surface area contributed by atoms with Crippen LogP contribution in [-0.2, 0) is 0 Å². The van der Waals surface area contributed by atoms with E-state index in [9.17, 15) is 0 Å². The normalized spacial score (nSPS) is 37.7. The molecule has 0 spiro atoms. The van der Waals surface area contributed by atoms with Gasteiger partial charge in [0.1, 0.15) is 0 Å². The molecule has 0 aromatic heterocycles. The summed E-state index contributed by atoms with van der Waals surface area (Å²) >= 11 is 0. The third kappa shape index (κ3) is 1.45. The van der Waals surface area contributed by atoms with Gasteiger partial charge in [0.15, 0.2) is 0 Å². The summed E-state index contributed by atoms with van der Waals surface area (Å²) in [6, 6.07) is 0. The molecule has 1 aliphatic rings. The molecule has 9 heavy (non-hydrogen) atoms. The van der Waals surface area contributed by atoms with Crippen LogP contribution in [0.15, 0.2) is 0 Å². The molecule has 0 radical (unpaired) electrons. The van der Waals surface area contributed by atoms with Crippen molar-refractivity contribution in [2.24, 2.45) is 23.5 Å². The smallest absolute Gasteiger partial charge is 0.00489 e. The molecule has 1 heteroatoms. The first-order valence-electron chi connectivity index (χ1n) is 3.94. The minimum absolute atomic E-state index is 0.765. The quantitative estimate of drug-likeness (QED) is 0.599. The summed E-state index contributed by atoms with van der Waals surface area (Å²) in [6.45, 7) is 5.45. The van der Waals surface area contributed by atoms with Gasteiger partial charge in [-0.25, -0.2) is 0 Å². The van der Waals surface area contributed by atoms with Gasteiger partial charge in [-0.3, -0.25) is 0 Å². The number of rotatable bonds is 2. The fourth-order valence-electron chi connectivity index (χ4n) is 1.62. The molecule has 0 bridgehead atoms. The van der Waals surface area contributed by atoms with Crippen LogP contribution < -0.4 is 5.73 Å². The Morgan fingerprint density at radius 2 is 2.11 bits per heavy atom.